The fraction of sp³-hybridized carbons (Fsp3) is 0.923. The van der Waals surface area contributed by atoms with E-state index in [2.05, 4.69) is 36.3 Å². The molecule has 6 nitrogen and oxygen atoms in total. The van der Waals surface area contributed by atoms with Gasteiger partial charge in [-0.05, 0) is 5.92 Å². The summed E-state index contributed by atoms with van der Waals surface area (Å²) < 4.78 is 5.51. The van der Waals surface area contributed by atoms with E-state index in [1.807, 2.05) is 0 Å². The highest BCUT2D eigenvalue weighted by Gasteiger charge is 2.19. The monoisotopic (exact) mass is 274 g/mol. The molecule has 1 fully saturated rings. The van der Waals surface area contributed by atoms with Crippen LogP contribution in [0.25, 0.3) is 0 Å². The number of hydrogen-bond donors (Lipinski definition) is 3. The van der Waals surface area contributed by atoms with Gasteiger partial charge in [0.1, 0.15) is 0 Å². The van der Waals surface area contributed by atoms with Gasteiger partial charge in [-0.2, -0.15) is 0 Å². The standard InChI is InChI=1S/C9H20N4O2.C4H10/c10-7-11-1-2-13-3-4-15-9(6-13)5-12-8-14;1-4(2)3/h8-9,11H,1-7,10H2,(H,12,14);4H,1-3H3. The van der Waals surface area contributed by atoms with E-state index in [1.54, 1.807) is 0 Å². The number of nitrogens with two attached hydrogens (primary N) is 1. The second-order valence-electron chi connectivity index (χ2n) is 5.26. The maximum atomic E-state index is 10.1. The fourth-order valence-electron chi connectivity index (χ4n) is 1.63. The van der Waals surface area contributed by atoms with Crippen LogP contribution >= 0.6 is 0 Å². The predicted molar refractivity (Wildman–Crippen MR) is 77.8 cm³/mol. The maximum Gasteiger partial charge on any atom is 0.207 e. The SMILES string of the molecule is CC(C)C.NCNCCN1CCOC(CNC=O)C1. The zero-order valence-electron chi connectivity index (χ0n) is 12.5. The minimum Gasteiger partial charge on any atom is -0.374 e. The summed E-state index contributed by atoms with van der Waals surface area (Å²) in [6.45, 7) is 12.0. The summed E-state index contributed by atoms with van der Waals surface area (Å²) >= 11 is 0. The molecule has 1 atom stereocenters. The van der Waals surface area contributed by atoms with Gasteiger partial charge in [0.25, 0.3) is 0 Å². The molecule has 0 saturated carbocycles. The molecule has 0 aromatic rings. The molecule has 6 heteroatoms. The van der Waals surface area contributed by atoms with Gasteiger partial charge in [0.15, 0.2) is 0 Å². The number of carbonyl (C=O) groups excluding carboxylic acids is 1. The van der Waals surface area contributed by atoms with Gasteiger partial charge in [-0.15, -0.1) is 0 Å². The fourth-order valence-corrected chi connectivity index (χ4v) is 1.63. The van der Waals surface area contributed by atoms with Crippen LogP contribution in [0.3, 0.4) is 0 Å². The lowest BCUT2D eigenvalue weighted by molar-refractivity contribution is -0.110. The minimum absolute atomic E-state index is 0.113. The van der Waals surface area contributed by atoms with Crippen molar-refractivity contribution in [3.63, 3.8) is 0 Å². The van der Waals surface area contributed by atoms with E-state index in [4.69, 9.17) is 10.5 Å². The van der Waals surface area contributed by atoms with Crippen molar-refractivity contribution in [3.8, 4) is 0 Å². The van der Waals surface area contributed by atoms with Crippen LogP contribution in [0.4, 0.5) is 0 Å². The Morgan fingerprint density at radius 2 is 2.16 bits per heavy atom. The van der Waals surface area contributed by atoms with Crippen LogP contribution < -0.4 is 16.4 Å². The number of carbonyl (C=O) groups is 1. The highest BCUT2D eigenvalue weighted by molar-refractivity contribution is 5.45. The Morgan fingerprint density at radius 3 is 2.74 bits per heavy atom. The van der Waals surface area contributed by atoms with E-state index in [0.29, 0.717) is 19.6 Å². The molecule has 0 aliphatic carbocycles. The van der Waals surface area contributed by atoms with Gasteiger partial charge in [-0.1, -0.05) is 20.8 Å². The number of nitrogens with zero attached hydrogens (tertiary/aromatic N) is 1. The van der Waals surface area contributed by atoms with Crippen molar-refractivity contribution in [2.75, 3.05) is 46.0 Å². The molecule has 0 aromatic heterocycles. The second-order valence-corrected chi connectivity index (χ2v) is 5.26. The smallest absolute Gasteiger partial charge is 0.207 e. The molecule has 114 valence electrons. The Labute approximate surface area is 117 Å². The molecule has 1 saturated heterocycles. The molecule has 0 spiro atoms. The van der Waals surface area contributed by atoms with Crippen LogP contribution in [0.15, 0.2) is 0 Å². The largest absolute Gasteiger partial charge is 0.374 e. The van der Waals surface area contributed by atoms with Crippen molar-refractivity contribution in [3.05, 3.63) is 0 Å². The molecule has 4 N–H and O–H groups in total. The van der Waals surface area contributed by atoms with E-state index in [0.717, 1.165) is 38.7 Å². The summed E-state index contributed by atoms with van der Waals surface area (Å²) in [5.74, 6) is 0.833. The van der Waals surface area contributed by atoms with Gasteiger partial charge in [0, 0.05) is 39.4 Å². The Bertz CT molecular complexity index is 212. The van der Waals surface area contributed by atoms with Gasteiger partial charge in [-0.25, -0.2) is 0 Å². The van der Waals surface area contributed by atoms with Gasteiger partial charge >= 0.3 is 0 Å². The van der Waals surface area contributed by atoms with Gasteiger partial charge < -0.3 is 21.1 Å². The molecule has 19 heavy (non-hydrogen) atoms. The van der Waals surface area contributed by atoms with Gasteiger partial charge in [0.05, 0.1) is 12.7 Å². The average Bonchev–Trinajstić information content (AvgIpc) is 2.36. The Balaban J connectivity index is 0.000000711. The van der Waals surface area contributed by atoms with Crippen molar-refractivity contribution in [2.45, 2.75) is 26.9 Å². The molecule has 1 amide bonds. The molecule has 1 heterocycles. The number of hydrogen-bond acceptors (Lipinski definition) is 5. The topological polar surface area (TPSA) is 79.6 Å². The number of morpholine rings is 1. The quantitative estimate of drug-likeness (QED) is 0.334. The Hall–Kier alpha value is -0.690. The zero-order valence-corrected chi connectivity index (χ0v) is 12.5. The minimum atomic E-state index is 0.113. The maximum absolute atomic E-state index is 10.1. The lowest BCUT2D eigenvalue weighted by atomic mass is 10.2. The van der Waals surface area contributed by atoms with Crippen molar-refractivity contribution < 1.29 is 9.53 Å². The van der Waals surface area contributed by atoms with Crippen LogP contribution in [0.5, 0.6) is 0 Å². The summed E-state index contributed by atoms with van der Waals surface area (Å²) in [6, 6.07) is 0. The first-order valence-electron chi connectivity index (χ1n) is 7.01. The van der Waals surface area contributed by atoms with Crippen molar-refractivity contribution in [2.24, 2.45) is 11.7 Å². The van der Waals surface area contributed by atoms with Gasteiger partial charge in [-0.3, -0.25) is 9.69 Å². The van der Waals surface area contributed by atoms with Crippen molar-refractivity contribution in [1.82, 2.24) is 15.5 Å². The van der Waals surface area contributed by atoms with Crippen LogP contribution in [-0.4, -0.2) is 63.4 Å². The molecule has 0 bridgehead atoms. The van der Waals surface area contributed by atoms with Crippen LogP contribution in [-0.2, 0) is 9.53 Å². The summed E-state index contributed by atoms with van der Waals surface area (Å²) in [6.07, 6.45) is 0.819. The van der Waals surface area contributed by atoms with E-state index >= 15 is 0 Å². The first-order valence-corrected chi connectivity index (χ1v) is 7.01. The van der Waals surface area contributed by atoms with E-state index < -0.39 is 0 Å². The highest BCUT2D eigenvalue weighted by Crippen LogP contribution is 2.03. The van der Waals surface area contributed by atoms with E-state index in [-0.39, 0.29) is 6.10 Å². The molecule has 1 rings (SSSR count). The molecular weight excluding hydrogens is 244 g/mol. The first-order chi connectivity index (χ1) is 9.10. The third kappa shape index (κ3) is 12.1. The third-order valence-corrected chi connectivity index (χ3v) is 2.40. The normalized spacial score (nSPS) is 19.7. The third-order valence-electron chi connectivity index (χ3n) is 2.40. The molecule has 1 unspecified atom stereocenters. The lowest BCUT2D eigenvalue weighted by Gasteiger charge is -2.32. The molecule has 0 radical (unpaired) electrons. The summed E-state index contributed by atoms with van der Waals surface area (Å²) in [4.78, 5) is 12.4. The van der Waals surface area contributed by atoms with Crippen LogP contribution in [0.1, 0.15) is 20.8 Å². The molecular formula is C13H30N4O2. The van der Waals surface area contributed by atoms with Crippen molar-refractivity contribution in [1.29, 1.82) is 0 Å². The second kappa shape index (κ2) is 12.3. The number of amides is 1. The van der Waals surface area contributed by atoms with Crippen LogP contribution in [0.2, 0.25) is 0 Å². The van der Waals surface area contributed by atoms with Gasteiger partial charge in [0.2, 0.25) is 6.41 Å². The predicted octanol–water partition coefficient (Wildman–Crippen LogP) is -0.399. The lowest BCUT2D eigenvalue weighted by Crippen LogP contribution is -2.48. The molecule has 0 aromatic carbocycles. The van der Waals surface area contributed by atoms with E-state index in [1.165, 1.54) is 0 Å². The first kappa shape index (κ1) is 18.3. The Kier molecular flexibility index (Phi) is 11.9. The highest BCUT2D eigenvalue weighted by atomic mass is 16.5. The van der Waals surface area contributed by atoms with Crippen LogP contribution in [0, 0.1) is 5.92 Å². The molecule has 1 aliphatic rings. The van der Waals surface area contributed by atoms with Crippen molar-refractivity contribution >= 4 is 6.41 Å². The number of nitrogens with one attached hydrogen (secondary N) is 2. The Morgan fingerprint density at radius 1 is 1.47 bits per heavy atom. The zero-order chi connectivity index (χ0) is 14.5. The number of rotatable bonds is 7. The van der Waals surface area contributed by atoms with E-state index in [9.17, 15) is 4.79 Å². The summed E-state index contributed by atoms with van der Waals surface area (Å²) in [7, 11) is 0. The summed E-state index contributed by atoms with van der Waals surface area (Å²) in [5.41, 5.74) is 5.33. The molecule has 1 aliphatic heterocycles. The summed E-state index contributed by atoms with van der Waals surface area (Å²) in [5, 5.41) is 5.71. The number of ether oxygens (including phenoxy) is 1. The average molecular weight is 274 g/mol.